The lowest BCUT2D eigenvalue weighted by Crippen LogP contribution is -2.30. The molecule has 0 fully saturated rings. The molecule has 0 aliphatic carbocycles. The van der Waals surface area contributed by atoms with Crippen molar-refractivity contribution in [1.82, 2.24) is 10.5 Å². The maximum absolute atomic E-state index is 12.0. The summed E-state index contributed by atoms with van der Waals surface area (Å²) in [4.78, 5) is 13.2. The molecule has 0 saturated carbocycles. The van der Waals surface area contributed by atoms with Gasteiger partial charge in [0.05, 0.1) is 17.5 Å². The molecule has 1 N–H and O–H groups in total. The van der Waals surface area contributed by atoms with Crippen LogP contribution in [-0.4, -0.2) is 16.3 Å². The summed E-state index contributed by atoms with van der Waals surface area (Å²) >= 11 is 3.25. The number of hydrogen-bond acceptors (Lipinski definition) is 5. The Morgan fingerprint density at radius 3 is 2.95 bits per heavy atom. The Bertz CT molecular complexity index is 544. The first-order chi connectivity index (χ1) is 9.58. The third kappa shape index (κ3) is 3.86. The largest absolute Gasteiger partial charge is 0.361 e. The first-order valence-electron chi connectivity index (χ1n) is 6.41. The van der Waals surface area contributed by atoms with E-state index in [2.05, 4.69) is 10.5 Å². The summed E-state index contributed by atoms with van der Waals surface area (Å²) in [5.41, 5.74) is 1.99. The van der Waals surface area contributed by atoms with Gasteiger partial charge in [-0.05, 0) is 32.2 Å². The van der Waals surface area contributed by atoms with Gasteiger partial charge in [-0.15, -0.1) is 23.1 Å². The highest BCUT2D eigenvalue weighted by Gasteiger charge is 2.16. The first-order valence-corrected chi connectivity index (χ1v) is 8.34. The summed E-state index contributed by atoms with van der Waals surface area (Å²) in [6.45, 7) is 6.35. The average molecular weight is 310 g/mol. The molecule has 6 heteroatoms. The van der Waals surface area contributed by atoms with E-state index in [-0.39, 0.29) is 11.2 Å². The van der Waals surface area contributed by atoms with Gasteiger partial charge in [-0.2, -0.15) is 0 Å². The minimum absolute atomic E-state index is 0.0650. The van der Waals surface area contributed by atoms with Gasteiger partial charge in [0.2, 0.25) is 5.91 Å². The first kappa shape index (κ1) is 15.1. The highest BCUT2D eigenvalue weighted by Crippen LogP contribution is 2.22. The fourth-order valence-corrected chi connectivity index (χ4v) is 3.43. The molecule has 4 nitrogen and oxygen atoms in total. The van der Waals surface area contributed by atoms with E-state index in [4.69, 9.17) is 4.52 Å². The van der Waals surface area contributed by atoms with E-state index in [1.807, 2.05) is 38.3 Å². The van der Waals surface area contributed by atoms with Crippen molar-refractivity contribution in [3.05, 3.63) is 39.4 Å². The zero-order valence-electron chi connectivity index (χ0n) is 11.8. The van der Waals surface area contributed by atoms with Gasteiger partial charge in [-0.25, -0.2) is 0 Å². The van der Waals surface area contributed by atoms with E-state index in [1.165, 1.54) is 4.88 Å². The van der Waals surface area contributed by atoms with Crippen molar-refractivity contribution in [1.29, 1.82) is 0 Å². The van der Waals surface area contributed by atoms with Gasteiger partial charge in [0.25, 0.3) is 0 Å². The molecular weight excluding hydrogens is 292 g/mol. The number of thioether (sulfide) groups is 1. The Hall–Kier alpha value is -1.27. The monoisotopic (exact) mass is 310 g/mol. The Kier molecular flexibility index (Phi) is 5.25. The molecule has 0 bridgehead atoms. The zero-order chi connectivity index (χ0) is 14.5. The van der Waals surface area contributed by atoms with E-state index in [9.17, 15) is 4.79 Å². The predicted octanol–water partition coefficient (Wildman–Crippen LogP) is 3.29. The van der Waals surface area contributed by atoms with Crippen LogP contribution in [0.25, 0.3) is 0 Å². The van der Waals surface area contributed by atoms with Crippen LogP contribution in [-0.2, 0) is 17.1 Å². The lowest BCUT2D eigenvalue weighted by molar-refractivity contribution is -0.120. The SMILES string of the molecule is Cc1noc(C)c1CSC(C)C(=O)NCc1cccs1. The van der Waals surface area contributed by atoms with Crippen molar-refractivity contribution in [2.45, 2.75) is 38.3 Å². The van der Waals surface area contributed by atoms with Crippen LogP contribution >= 0.6 is 23.1 Å². The molecule has 2 aromatic heterocycles. The van der Waals surface area contributed by atoms with E-state index in [0.29, 0.717) is 6.54 Å². The van der Waals surface area contributed by atoms with E-state index in [1.54, 1.807) is 23.1 Å². The number of rotatable bonds is 6. The Labute approximate surface area is 126 Å². The molecule has 2 heterocycles. The Morgan fingerprint density at radius 2 is 2.35 bits per heavy atom. The van der Waals surface area contributed by atoms with Crippen LogP contribution in [0.1, 0.15) is 28.8 Å². The third-order valence-electron chi connectivity index (χ3n) is 3.05. The zero-order valence-corrected chi connectivity index (χ0v) is 13.4. The van der Waals surface area contributed by atoms with Crippen LogP contribution < -0.4 is 5.32 Å². The van der Waals surface area contributed by atoms with Gasteiger partial charge in [0.1, 0.15) is 5.76 Å². The number of carbonyl (C=O) groups is 1. The summed E-state index contributed by atoms with van der Waals surface area (Å²) < 4.78 is 5.12. The molecule has 1 amide bonds. The van der Waals surface area contributed by atoms with Crippen molar-refractivity contribution in [3.8, 4) is 0 Å². The van der Waals surface area contributed by atoms with Crippen LogP contribution in [0.4, 0.5) is 0 Å². The fourth-order valence-electron chi connectivity index (χ4n) is 1.72. The van der Waals surface area contributed by atoms with Gasteiger partial charge < -0.3 is 9.84 Å². The number of hydrogen-bond donors (Lipinski definition) is 1. The molecule has 0 radical (unpaired) electrons. The second-order valence-corrected chi connectivity index (χ2v) is 6.91. The van der Waals surface area contributed by atoms with Crippen molar-refractivity contribution >= 4 is 29.0 Å². The highest BCUT2D eigenvalue weighted by atomic mass is 32.2. The van der Waals surface area contributed by atoms with Crippen LogP contribution in [0.5, 0.6) is 0 Å². The van der Waals surface area contributed by atoms with E-state index >= 15 is 0 Å². The number of carbonyl (C=O) groups excluding carboxylic acids is 1. The minimum atomic E-state index is -0.0938. The molecule has 0 aliphatic rings. The number of aromatic nitrogens is 1. The normalized spacial score (nSPS) is 12.3. The molecule has 1 unspecified atom stereocenters. The maximum atomic E-state index is 12.0. The second kappa shape index (κ2) is 6.95. The average Bonchev–Trinajstić information content (AvgIpc) is 3.05. The maximum Gasteiger partial charge on any atom is 0.233 e. The van der Waals surface area contributed by atoms with Gasteiger partial charge >= 0.3 is 0 Å². The van der Waals surface area contributed by atoms with Crippen molar-refractivity contribution in [2.24, 2.45) is 0 Å². The van der Waals surface area contributed by atoms with Gasteiger partial charge in [0, 0.05) is 16.2 Å². The van der Waals surface area contributed by atoms with Crippen LogP contribution in [0.15, 0.2) is 22.0 Å². The van der Waals surface area contributed by atoms with Gasteiger partial charge in [0.15, 0.2) is 0 Å². The number of thiophene rings is 1. The molecule has 0 aromatic carbocycles. The predicted molar refractivity (Wildman–Crippen MR) is 82.9 cm³/mol. The van der Waals surface area contributed by atoms with E-state index < -0.39 is 0 Å². The van der Waals surface area contributed by atoms with Crippen molar-refractivity contribution in [2.75, 3.05) is 0 Å². The molecular formula is C14H18N2O2S2. The standard InChI is InChI=1S/C14H18N2O2S2/c1-9-13(10(2)18-16-9)8-20-11(3)14(17)15-7-12-5-4-6-19-12/h4-6,11H,7-8H2,1-3H3,(H,15,17). The van der Waals surface area contributed by atoms with E-state index in [0.717, 1.165) is 22.8 Å². The summed E-state index contributed by atoms with van der Waals surface area (Å²) in [5.74, 6) is 1.64. The molecule has 20 heavy (non-hydrogen) atoms. The summed E-state index contributed by atoms with van der Waals surface area (Å²) in [7, 11) is 0. The molecule has 2 rings (SSSR count). The highest BCUT2D eigenvalue weighted by molar-refractivity contribution is 7.99. The number of nitrogens with one attached hydrogen (secondary N) is 1. The number of nitrogens with zero attached hydrogens (tertiary/aromatic N) is 1. The lowest BCUT2D eigenvalue weighted by atomic mass is 10.2. The summed E-state index contributed by atoms with van der Waals surface area (Å²) in [6.07, 6.45) is 0. The van der Waals surface area contributed by atoms with Crippen LogP contribution in [0.3, 0.4) is 0 Å². The summed E-state index contributed by atoms with van der Waals surface area (Å²) in [6, 6.07) is 4.01. The number of aryl methyl sites for hydroxylation is 2. The lowest BCUT2D eigenvalue weighted by Gasteiger charge is -2.11. The minimum Gasteiger partial charge on any atom is -0.361 e. The fraction of sp³-hybridized carbons (Fsp3) is 0.429. The van der Waals surface area contributed by atoms with Gasteiger partial charge in [-0.3, -0.25) is 4.79 Å². The van der Waals surface area contributed by atoms with Crippen molar-refractivity contribution < 1.29 is 9.32 Å². The Morgan fingerprint density at radius 1 is 1.55 bits per heavy atom. The van der Waals surface area contributed by atoms with Crippen LogP contribution in [0, 0.1) is 13.8 Å². The van der Waals surface area contributed by atoms with Gasteiger partial charge in [-0.1, -0.05) is 11.2 Å². The molecule has 0 saturated heterocycles. The molecule has 108 valence electrons. The quantitative estimate of drug-likeness (QED) is 0.889. The molecule has 1 atom stereocenters. The third-order valence-corrected chi connectivity index (χ3v) is 5.09. The molecule has 0 spiro atoms. The second-order valence-electron chi connectivity index (χ2n) is 4.55. The molecule has 2 aromatic rings. The topological polar surface area (TPSA) is 55.1 Å². The Balaban J connectivity index is 1.79. The van der Waals surface area contributed by atoms with Crippen LogP contribution in [0.2, 0.25) is 0 Å². The number of amides is 1. The van der Waals surface area contributed by atoms with Crippen molar-refractivity contribution in [3.63, 3.8) is 0 Å². The smallest absolute Gasteiger partial charge is 0.233 e. The summed E-state index contributed by atoms with van der Waals surface area (Å²) in [5, 5.41) is 8.79. The molecule has 0 aliphatic heterocycles.